The second-order valence-electron chi connectivity index (χ2n) is 9.28. The van der Waals surface area contributed by atoms with Crippen LogP contribution in [-0.4, -0.2) is 51.1 Å². The molecule has 0 bridgehead atoms. The fraction of sp³-hybridized carbons (Fsp3) is 0.545. The number of carbonyl (C=O) groups excluding carboxylic acids is 1. The van der Waals surface area contributed by atoms with Crippen molar-refractivity contribution >= 4 is 21.6 Å². The number of fused-ring (bicyclic) bond motifs is 3. The number of nitrogens with two attached hydrogens (primary N) is 1. The molecule has 3 aliphatic rings. The molecule has 0 spiro atoms. The number of methoxy groups -OCH3 is 1. The number of hydrogen-bond donors (Lipinski definition) is 3. The van der Waals surface area contributed by atoms with E-state index in [1.54, 1.807) is 14.0 Å². The second-order valence-corrected chi connectivity index (χ2v) is 11.0. The number of aryl methyl sites for hydroxylation is 2. The zero-order chi connectivity index (χ0) is 23.4. The molecular weight excluding hydrogens is 446 g/mol. The molecule has 178 valence electrons. The number of hydrogen-bond acceptors (Lipinski definition) is 6. The van der Waals surface area contributed by atoms with Gasteiger partial charge in [0, 0.05) is 18.7 Å². The summed E-state index contributed by atoms with van der Waals surface area (Å²) in [6.45, 7) is 2.32. The number of nitrogens with zero attached hydrogens (tertiary/aromatic N) is 3. The van der Waals surface area contributed by atoms with E-state index in [0.717, 1.165) is 48.9 Å². The second kappa shape index (κ2) is 8.08. The molecule has 1 aromatic carbocycles. The van der Waals surface area contributed by atoms with E-state index >= 15 is 0 Å². The molecule has 1 unspecified atom stereocenters. The molecule has 2 aromatic rings. The van der Waals surface area contributed by atoms with E-state index in [2.05, 4.69) is 20.8 Å². The van der Waals surface area contributed by atoms with Crippen LogP contribution in [0.1, 0.15) is 47.9 Å². The molecule has 4 N–H and O–H groups in total. The van der Waals surface area contributed by atoms with Crippen molar-refractivity contribution < 1.29 is 23.6 Å². The molecule has 1 aromatic heterocycles. The van der Waals surface area contributed by atoms with Gasteiger partial charge in [-0.3, -0.25) is 0 Å². The van der Waals surface area contributed by atoms with Gasteiger partial charge in [0.05, 0.1) is 26.0 Å². The number of carbonyl (C=O) groups is 1. The first kappa shape index (κ1) is 22.3. The largest absolute Gasteiger partial charge is 0.466 e. The fourth-order valence-electron chi connectivity index (χ4n) is 5.22. The average molecular weight is 476 g/mol. The predicted molar refractivity (Wildman–Crippen MR) is 122 cm³/mol. The fourth-order valence-corrected chi connectivity index (χ4v) is 6.21. The standard InChI is InChI=1S/C22H29N5O5S/c1-22(12-28)11-27-20(32-22)17(9-24-27)33(23,30)26-21(29)25-19-16-5-3-4-13(16)8-14-6-7-15(10-31-2)18(14)19/h8-9,15,28H,3-7,10-12H2,1-2H3,(H3,23,25,26,29,30)/t15-,22+,33?/m1/s1. The number of amides is 2. The van der Waals surface area contributed by atoms with Crippen molar-refractivity contribution in [1.82, 2.24) is 9.78 Å². The lowest BCUT2D eigenvalue weighted by atomic mass is 9.94. The van der Waals surface area contributed by atoms with E-state index in [1.807, 2.05) is 0 Å². The molecule has 0 fully saturated rings. The van der Waals surface area contributed by atoms with Crippen molar-refractivity contribution in [2.24, 2.45) is 9.50 Å². The Hall–Kier alpha value is -2.47. The zero-order valence-corrected chi connectivity index (χ0v) is 19.6. The van der Waals surface area contributed by atoms with Crippen LogP contribution in [0.5, 0.6) is 5.88 Å². The zero-order valence-electron chi connectivity index (χ0n) is 18.8. The summed E-state index contributed by atoms with van der Waals surface area (Å²) in [6, 6.07) is 1.49. The molecule has 10 nitrogen and oxygen atoms in total. The van der Waals surface area contributed by atoms with Crippen molar-refractivity contribution in [1.29, 1.82) is 0 Å². The van der Waals surface area contributed by atoms with E-state index in [0.29, 0.717) is 6.61 Å². The average Bonchev–Trinajstić information content (AvgIpc) is 3.51. The lowest BCUT2D eigenvalue weighted by Crippen LogP contribution is -2.35. The van der Waals surface area contributed by atoms with Gasteiger partial charge in [0.2, 0.25) is 5.88 Å². The maximum Gasteiger partial charge on any atom is 0.354 e. The monoisotopic (exact) mass is 475 g/mol. The van der Waals surface area contributed by atoms with E-state index in [-0.39, 0.29) is 29.8 Å². The lowest BCUT2D eigenvalue weighted by Gasteiger charge is -2.20. The number of nitrogens with one attached hydrogen (secondary N) is 1. The molecular formula is C22H29N5O5S. The van der Waals surface area contributed by atoms with Crippen LogP contribution in [0.25, 0.3) is 0 Å². The van der Waals surface area contributed by atoms with Gasteiger partial charge in [-0.15, -0.1) is 4.36 Å². The van der Waals surface area contributed by atoms with Gasteiger partial charge in [-0.1, -0.05) is 6.07 Å². The highest BCUT2D eigenvalue weighted by Crippen LogP contribution is 2.44. The summed E-state index contributed by atoms with van der Waals surface area (Å²) in [5.41, 5.74) is 4.58. The van der Waals surface area contributed by atoms with Gasteiger partial charge in [0.1, 0.15) is 4.90 Å². The van der Waals surface area contributed by atoms with Gasteiger partial charge in [0.25, 0.3) is 0 Å². The summed E-state index contributed by atoms with van der Waals surface area (Å²) in [7, 11) is -1.95. The molecule has 2 heterocycles. The molecule has 33 heavy (non-hydrogen) atoms. The normalized spacial score (nSPS) is 24.5. The number of aliphatic hydroxyl groups is 1. The molecule has 2 amide bonds. The first-order chi connectivity index (χ1) is 15.7. The molecule has 1 aliphatic heterocycles. The van der Waals surface area contributed by atoms with Crippen molar-refractivity contribution in [3.05, 3.63) is 34.5 Å². The van der Waals surface area contributed by atoms with Crippen LogP contribution in [0.15, 0.2) is 21.5 Å². The molecule has 0 radical (unpaired) electrons. The van der Waals surface area contributed by atoms with Crippen LogP contribution in [0.2, 0.25) is 0 Å². The van der Waals surface area contributed by atoms with Gasteiger partial charge < -0.3 is 19.9 Å². The summed E-state index contributed by atoms with van der Waals surface area (Å²) < 4.78 is 29.8. The summed E-state index contributed by atoms with van der Waals surface area (Å²) in [4.78, 5) is 13.0. The number of rotatable bonds is 5. The highest BCUT2D eigenvalue weighted by atomic mass is 32.2. The Bertz CT molecular complexity index is 1250. The van der Waals surface area contributed by atoms with Gasteiger partial charge in [-0.05, 0) is 61.3 Å². The topological polar surface area (TPSA) is 141 Å². The van der Waals surface area contributed by atoms with Crippen molar-refractivity contribution in [2.75, 3.05) is 25.6 Å². The van der Waals surface area contributed by atoms with E-state index in [4.69, 9.17) is 14.6 Å². The quantitative estimate of drug-likeness (QED) is 0.605. The van der Waals surface area contributed by atoms with Crippen molar-refractivity contribution in [3.63, 3.8) is 0 Å². The number of aromatic nitrogens is 2. The van der Waals surface area contributed by atoms with E-state index in [1.165, 1.54) is 22.0 Å². The third-order valence-electron chi connectivity index (χ3n) is 6.75. The predicted octanol–water partition coefficient (Wildman–Crippen LogP) is 2.12. The number of anilines is 1. The van der Waals surface area contributed by atoms with Gasteiger partial charge in [-0.2, -0.15) is 5.10 Å². The SMILES string of the molecule is COC[C@H]1CCc2cc3c(c(NC(=O)N=S(N)(=O)c4cnn5c4O[C@](C)(CO)C5)c21)CCC3. The van der Waals surface area contributed by atoms with E-state index < -0.39 is 21.5 Å². The van der Waals surface area contributed by atoms with Gasteiger partial charge in [0.15, 0.2) is 15.5 Å². The first-order valence-corrected chi connectivity index (χ1v) is 12.7. The minimum absolute atomic E-state index is 0.0376. The Balaban J connectivity index is 1.48. The summed E-state index contributed by atoms with van der Waals surface area (Å²) >= 11 is 0. The smallest absolute Gasteiger partial charge is 0.354 e. The Morgan fingerprint density at radius 1 is 1.45 bits per heavy atom. The van der Waals surface area contributed by atoms with Crippen LogP contribution < -0.4 is 15.2 Å². The highest BCUT2D eigenvalue weighted by molar-refractivity contribution is 7.91. The number of urea groups is 1. The molecule has 3 atom stereocenters. The Kier molecular flexibility index (Phi) is 5.47. The van der Waals surface area contributed by atoms with Gasteiger partial charge >= 0.3 is 6.03 Å². The number of benzene rings is 1. The molecule has 0 saturated carbocycles. The maximum absolute atomic E-state index is 13.3. The van der Waals surface area contributed by atoms with Gasteiger partial charge in [-0.25, -0.2) is 18.8 Å². The number of ether oxygens (including phenoxy) is 2. The third kappa shape index (κ3) is 3.82. The Morgan fingerprint density at radius 3 is 3.03 bits per heavy atom. The Labute approximate surface area is 192 Å². The molecule has 5 rings (SSSR count). The number of aliphatic hydroxyl groups excluding tert-OH is 1. The minimum atomic E-state index is -3.62. The van der Waals surface area contributed by atoms with Crippen LogP contribution in [0.3, 0.4) is 0 Å². The lowest BCUT2D eigenvalue weighted by molar-refractivity contribution is 0.0399. The van der Waals surface area contributed by atoms with Crippen LogP contribution in [0, 0.1) is 0 Å². The summed E-state index contributed by atoms with van der Waals surface area (Å²) in [5, 5.41) is 22.6. The summed E-state index contributed by atoms with van der Waals surface area (Å²) in [5.74, 6) is 0.356. The van der Waals surface area contributed by atoms with Crippen molar-refractivity contribution in [2.45, 2.75) is 62.0 Å². The minimum Gasteiger partial charge on any atom is -0.466 e. The Morgan fingerprint density at radius 2 is 2.27 bits per heavy atom. The summed E-state index contributed by atoms with van der Waals surface area (Å²) in [6.07, 6.45) is 6.09. The third-order valence-corrected chi connectivity index (χ3v) is 8.10. The van der Waals surface area contributed by atoms with Crippen LogP contribution in [-0.2, 0) is 40.5 Å². The maximum atomic E-state index is 13.3. The first-order valence-electron chi connectivity index (χ1n) is 11.1. The molecule has 2 aliphatic carbocycles. The van der Waals surface area contributed by atoms with Crippen LogP contribution in [0.4, 0.5) is 10.5 Å². The van der Waals surface area contributed by atoms with Crippen LogP contribution >= 0.6 is 0 Å². The van der Waals surface area contributed by atoms with E-state index in [9.17, 15) is 14.1 Å². The molecule has 0 saturated heterocycles. The molecule has 11 heteroatoms. The van der Waals surface area contributed by atoms with Crippen molar-refractivity contribution in [3.8, 4) is 5.88 Å². The highest BCUT2D eigenvalue weighted by Gasteiger charge is 2.39.